The van der Waals surface area contributed by atoms with Crippen LogP contribution in [0, 0.1) is 0 Å². The lowest BCUT2D eigenvalue weighted by molar-refractivity contribution is -0.113. The molecule has 8 nitrogen and oxygen atoms in total. The smallest absolute Gasteiger partial charge is 0.323 e. The van der Waals surface area contributed by atoms with E-state index in [1.165, 1.54) is 21.2 Å². The summed E-state index contributed by atoms with van der Waals surface area (Å²) in [6.07, 6.45) is 3.05. The molecular formula is C19H17N5O3S2. The SMILES string of the molecule is Cn1c(SCC(=O)Nc2ccc3[nH]c(=O)[nH]c3c2)nc2sc3c(c2c1=O)CCC3. The van der Waals surface area contributed by atoms with Gasteiger partial charge in [0.2, 0.25) is 5.91 Å². The number of thioether (sulfide) groups is 1. The number of rotatable bonds is 4. The molecule has 3 aromatic heterocycles. The number of hydrogen-bond donors (Lipinski definition) is 3. The van der Waals surface area contributed by atoms with Crippen molar-refractivity contribution < 1.29 is 4.79 Å². The van der Waals surface area contributed by atoms with Gasteiger partial charge in [0, 0.05) is 17.6 Å². The average molecular weight is 428 g/mol. The van der Waals surface area contributed by atoms with E-state index < -0.39 is 0 Å². The van der Waals surface area contributed by atoms with Gasteiger partial charge < -0.3 is 15.3 Å². The van der Waals surface area contributed by atoms with E-state index >= 15 is 0 Å². The van der Waals surface area contributed by atoms with Gasteiger partial charge in [-0.05, 0) is 43.0 Å². The molecule has 3 heterocycles. The number of carbonyl (C=O) groups is 1. The highest BCUT2D eigenvalue weighted by Crippen LogP contribution is 2.35. The van der Waals surface area contributed by atoms with Crippen LogP contribution in [0.4, 0.5) is 5.69 Å². The first-order valence-electron chi connectivity index (χ1n) is 9.15. The van der Waals surface area contributed by atoms with Crippen LogP contribution in [-0.2, 0) is 24.7 Å². The maximum atomic E-state index is 12.8. The zero-order chi connectivity index (χ0) is 20.1. The van der Waals surface area contributed by atoms with Crippen molar-refractivity contribution in [1.29, 1.82) is 0 Å². The van der Waals surface area contributed by atoms with E-state index in [0.29, 0.717) is 21.9 Å². The number of fused-ring (bicyclic) bond motifs is 4. The molecule has 5 rings (SSSR count). The van der Waals surface area contributed by atoms with Crippen molar-refractivity contribution in [2.45, 2.75) is 24.4 Å². The van der Waals surface area contributed by atoms with Crippen molar-refractivity contribution in [2.75, 3.05) is 11.1 Å². The summed E-state index contributed by atoms with van der Waals surface area (Å²) in [6, 6.07) is 5.15. The molecule has 1 aliphatic rings. The van der Waals surface area contributed by atoms with Gasteiger partial charge in [-0.25, -0.2) is 9.78 Å². The molecule has 1 aliphatic carbocycles. The number of nitrogens with one attached hydrogen (secondary N) is 3. The third kappa shape index (κ3) is 3.18. The first-order chi connectivity index (χ1) is 14.0. The summed E-state index contributed by atoms with van der Waals surface area (Å²) in [5, 5.41) is 4.08. The van der Waals surface area contributed by atoms with Crippen LogP contribution >= 0.6 is 23.1 Å². The molecule has 0 bridgehead atoms. The predicted molar refractivity (Wildman–Crippen MR) is 115 cm³/mol. The summed E-state index contributed by atoms with van der Waals surface area (Å²) in [4.78, 5) is 48.5. The van der Waals surface area contributed by atoms with E-state index in [9.17, 15) is 14.4 Å². The zero-order valence-corrected chi connectivity index (χ0v) is 17.1. The van der Waals surface area contributed by atoms with E-state index in [1.807, 2.05) is 0 Å². The molecule has 0 unspecified atom stereocenters. The molecule has 0 saturated heterocycles. The lowest BCUT2D eigenvalue weighted by Crippen LogP contribution is -2.21. The molecule has 1 aromatic carbocycles. The van der Waals surface area contributed by atoms with Gasteiger partial charge in [-0.2, -0.15) is 0 Å². The second-order valence-corrected chi connectivity index (χ2v) is 9.00. The number of aryl methyl sites for hydroxylation is 2. The van der Waals surface area contributed by atoms with Crippen LogP contribution in [0.25, 0.3) is 21.3 Å². The fourth-order valence-corrected chi connectivity index (χ4v) is 5.75. The Kier molecular flexibility index (Phi) is 4.32. The number of H-pyrrole nitrogens is 2. The minimum Gasteiger partial charge on any atom is -0.325 e. The monoisotopic (exact) mass is 427 g/mol. The summed E-state index contributed by atoms with van der Waals surface area (Å²) >= 11 is 2.83. The largest absolute Gasteiger partial charge is 0.325 e. The lowest BCUT2D eigenvalue weighted by atomic mass is 10.2. The van der Waals surface area contributed by atoms with Crippen LogP contribution < -0.4 is 16.6 Å². The Morgan fingerprint density at radius 1 is 1.28 bits per heavy atom. The minimum atomic E-state index is -0.291. The first-order valence-corrected chi connectivity index (χ1v) is 11.0. The number of nitrogens with zero attached hydrogens (tertiary/aromatic N) is 2. The molecule has 0 aliphatic heterocycles. The zero-order valence-electron chi connectivity index (χ0n) is 15.5. The number of imidazole rings is 1. The number of hydrogen-bond acceptors (Lipinski definition) is 6. The first kappa shape index (κ1) is 18.2. The third-order valence-electron chi connectivity index (χ3n) is 5.04. The third-order valence-corrected chi connectivity index (χ3v) is 7.25. The maximum Gasteiger partial charge on any atom is 0.323 e. The van der Waals surface area contributed by atoms with Crippen LogP contribution in [0.2, 0.25) is 0 Å². The lowest BCUT2D eigenvalue weighted by Gasteiger charge is -2.08. The summed E-state index contributed by atoms with van der Waals surface area (Å²) in [5.41, 5.74) is 2.72. The Bertz CT molecular complexity index is 1390. The molecule has 1 amide bonds. The van der Waals surface area contributed by atoms with E-state index in [0.717, 1.165) is 35.0 Å². The number of thiophene rings is 1. The van der Waals surface area contributed by atoms with Gasteiger partial charge in [-0.1, -0.05) is 11.8 Å². The standard InChI is InChI=1S/C19H17N5O3S2/c1-24-17(26)15-10-3-2-4-13(10)29-16(15)23-19(24)28-8-14(25)20-9-5-6-11-12(7-9)22-18(27)21-11/h5-7H,2-4,8H2,1H3,(H,20,25)(H2,21,22,27). The Balaban J connectivity index is 1.34. The van der Waals surface area contributed by atoms with Crippen LogP contribution in [0.3, 0.4) is 0 Å². The second-order valence-electron chi connectivity index (χ2n) is 6.97. The molecule has 0 saturated carbocycles. The van der Waals surface area contributed by atoms with Crippen molar-refractivity contribution in [2.24, 2.45) is 7.05 Å². The van der Waals surface area contributed by atoms with E-state index in [2.05, 4.69) is 20.3 Å². The summed E-state index contributed by atoms with van der Waals surface area (Å²) < 4.78 is 1.53. The summed E-state index contributed by atoms with van der Waals surface area (Å²) in [5.74, 6) is -0.0891. The average Bonchev–Trinajstić information content (AvgIpc) is 3.36. The molecule has 0 spiro atoms. The minimum absolute atomic E-state index is 0.0424. The van der Waals surface area contributed by atoms with Crippen LogP contribution in [-0.4, -0.2) is 31.2 Å². The second kappa shape index (κ2) is 6.89. The molecule has 29 heavy (non-hydrogen) atoms. The van der Waals surface area contributed by atoms with Crippen LogP contribution in [0.15, 0.2) is 32.9 Å². The maximum absolute atomic E-state index is 12.8. The van der Waals surface area contributed by atoms with Gasteiger partial charge in [0.1, 0.15) is 4.83 Å². The highest BCUT2D eigenvalue weighted by atomic mass is 32.2. The Morgan fingerprint density at radius 3 is 2.97 bits per heavy atom. The van der Waals surface area contributed by atoms with Crippen molar-refractivity contribution in [3.63, 3.8) is 0 Å². The molecule has 4 aromatic rings. The fourth-order valence-electron chi connectivity index (χ4n) is 3.67. The summed E-state index contributed by atoms with van der Waals surface area (Å²) in [6.45, 7) is 0. The van der Waals surface area contributed by atoms with Crippen LogP contribution in [0.1, 0.15) is 16.9 Å². The Morgan fingerprint density at radius 2 is 2.10 bits per heavy atom. The van der Waals surface area contributed by atoms with E-state index in [-0.39, 0.29) is 22.9 Å². The fraction of sp³-hybridized carbons (Fsp3) is 0.263. The molecular weight excluding hydrogens is 410 g/mol. The topological polar surface area (TPSA) is 113 Å². The van der Waals surface area contributed by atoms with Crippen molar-refractivity contribution in [3.05, 3.63) is 49.5 Å². The highest BCUT2D eigenvalue weighted by Gasteiger charge is 2.22. The van der Waals surface area contributed by atoms with E-state index in [4.69, 9.17) is 0 Å². The molecule has 0 fully saturated rings. The number of amides is 1. The predicted octanol–water partition coefficient (Wildman–Crippen LogP) is 2.38. The molecule has 0 radical (unpaired) electrons. The van der Waals surface area contributed by atoms with Crippen LogP contribution in [0.5, 0.6) is 0 Å². The Labute approximate surface area is 172 Å². The van der Waals surface area contributed by atoms with E-state index in [1.54, 1.807) is 36.6 Å². The highest BCUT2D eigenvalue weighted by molar-refractivity contribution is 7.99. The normalized spacial score (nSPS) is 13.3. The van der Waals surface area contributed by atoms with Gasteiger partial charge in [0.05, 0.1) is 22.2 Å². The Hall–Kier alpha value is -2.85. The molecule has 3 N–H and O–H groups in total. The van der Waals surface area contributed by atoms with Gasteiger partial charge >= 0.3 is 5.69 Å². The number of benzene rings is 1. The quantitative estimate of drug-likeness (QED) is 0.342. The van der Waals surface area contributed by atoms with Crippen molar-refractivity contribution in [1.82, 2.24) is 19.5 Å². The van der Waals surface area contributed by atoms with Crippen molar-refractivity contribution in [3.8, 4) is 0 Å². The number of anilines is 1. The van der Waals surface area contributed by atoms with Gasteiger partial charge in [0.25, 0.3) is 5.56 Å². The molecule has 148 valence electrons. The number of aromatic amines is 2. The number of aromatic nitrogens is 4. The molecule has 10 heteroatoms. The van der Waals surface area contributed by atoms with Gasteiger partial charge in [0.15, 0.2) is 5.16 Å². The molecule has 0 atom stereocenters. The van der Waals surface area contributed by atoms with Gasteiger partial charge in [-0.15, -0.1) is 11.3 Å². The number of carbonyl (C=O) groups excluding carboxylic acids is 1. The van der Waals surface area contributed by atoms with Gasteiger partial charge in [-0.3, -0.25) is 14.2 Å². The summed E-state index contributed by atoms with van der Waals surface area (Å²) in [7, 11) is 1.70. The van der Waals surface area contributed by atoms with Crippen molar-refractivity contribution >= 4 is 55.9 Å².